The lowest BCUT2D eigenvalue weighted by Gasteiger charge is -2.12. The predicted octanol–water partition coefficient (Wildman–Crippen LogP) is 5.11. The number of fused-ring (bicyclic) bond motifs is 1. The maximum atomic E-state index is 13.6. The van der Waals surface area contributed by atoms with Crippen molar-refractivity contribution in [1.29, 1.82) is 0 Å². The van der Waals surface area contributed by atoms with Crippen LogP contribution >= 0.6 is 0 Å². The first-order chi connectivity index (χ1) is 13.6. The average molecular weight is 374 g/mol. The van der Waals surface area contributed by atoms with Crippen LogP contribution in [0, 0.1) is 11.6 Å². The van der Waals surface area contributed by atoms with E-state index in [0.29, 0.717) is 0 Å². The minimum absolute atomic E-state index is 0.263. The third-order valence-electron chi connectivity index (χ3n) is 4.57. The van der Waals surface area contributed by atoms with Gasteiger partial charge in [0.15, 0.2) is 0 Å². The number of hydrogen-bond acceptors (Lipinski definition) is 2. The SMILES string of the molecule is O=C(NCc1ccc(-c2cccc(F)c2)c2ccncc12)c1cccc(F)c1. The topological polar surface area (TPSA) is 42.0 Å². The highest BCUT2D eigenvalue weighted by atomic mass is 19.1. The first kappa shape index (κ1) is 17.8. The number of benzene rings is 3. The van der Waals surface area contributed by atoms with Crippen molar-refractivity contribution in [2.75, 3.05) is 0 Å². The van der Waals surface area contributed by atoms with E-state index in [2.05, 4.69) is 10.3 Å². The molecule has 0 unspecified atom stereocenters. The maximum Gasteiger partial charge on any atom is 0.251 e. The van der Waals surface area contributed by atoms with Gasteiger partial charge in [-0.05, 0) is 58.5 Å². The van der Waals surface area contributed by atoms with Crippen molar-refractivity contribution in [3.05, 3.63) is 102 Å². The summed E-state index contributed by atoms with van der Waals surface area (Å²) in [5, 5.41) is 4.59. The van der Waals surface area contributed by atoms with Gasteiger partial charge < -0.3 is 5.32 Å². The Hall–Kier alpha value is -3.60. The molecule has 3 aromatic carbocycles. The number of pyridine rings is 1. The number of nitrogens with one attached hydrogen (secondary N) is 1. The zero-order valence-electron chi connectivity index (χ0n) is 14.8. The van der Waals surface area contributed by atoms with E-state index in [-0.39, 0.29) is 23.8 Å². The Kier molecular flexibility index (Phi) is 4.81. The van der Waals surface area contributed by atoms with E-state index in [4.69, 9.17) is 0 Å². The van der Waals surface area contributed by atoms with Crippen molar-refractivity contribution in [1.82, 2.24) is 10.3 Å². The van der Waals surface area contributed by atoms with Crippen LogP contribution in [-0.2, 0) is 6.54 Å². The third kappa shape index (κ3) is 3.60. The molecule has 0 aliphatic rings. The molecule has 138 valence electrons. The molecule has 0 bridgehead atoms. The summed E-state index contributed by atoms with van der Waals surface area (Å²) >= 11 is 0. The second-order valence-corrected chi connectivity index (χ2v) is 6.40. The van der Waals surface area contributed by atoms with Crippen LogP contribution in [0.15, 0.2) is 79.1 Å². The zero-order chi connectivity index (χ0) is 19.5. The van der Waals surface area contributed by atoms with E-state index in [1.807, 2.05) is 24.3 Å². The van der Waals surface area contributed by atoms with Gasteiger partial charge in [-0.1, -0.05) is 30.3 Å². The van der Waals surface area contributed by atoms with Crippen LogP contribution in [0.3, 0.4) is 0 Å². The van der Waals surface area contributed by atoms with E-state index in [9.17, 15) is 13.6 Å². The van der Waals surface area contributed by atoms with E-state index in [1.54, 1.807) is 24.5 Å². The van der Waals surface area contributed by atoms with Gasteiger partial charge in [-0.3, -0.25) is 9.78 Å². The molecule has 4 aromatic rings. The number of nitrogens with zero attached hydrogens (tertiary/aromatic N) is 1. The van der Waals surface area contributed by atoms with Gasteiger partial charge in [0.05, 0.1) is 0 Å². The number of carbonyl (C=O) groups excluding carboxylic acids is 1. The number of aromatic nitrogens is 1. The minimum Gasteiger partial charge on any atom is -0.348 e. The van der Waals surface area contributed by atoms with E-state index < -0.39 is 5.82 Å². The van der Waals surface area contributed by atoms with Crippen LogP contribution < -0.4 is 5.32 Å². The predicted molar refractivity (Wildman–Crippen MR) is 105 cm³/mol. The van der Waals surface area contributed by atoms with Crippen molar-refractivity contribution >= 4 is 16.7 Å². The minimum atomic E-state index is -0.457. The normalized spacial score (nSPS) is 10.8. The molecule has 3 nitrogen and oxygen atoms in total. The van der Waals surface area contributed by atoms with Gasteiger partial charge in [-0.2, -0.15) is 0 Å². The van der Waals surface area contributed by atoms with Gasteiger partial charge in [0.1, 0.15) is 11.6 Å². The first-order valence-electron chi connectivity index (χ1n) is 8.77. The molecule has 0 aliphatic heterocycles. The fourth-order valence-corrected chi connectivity index (χ4v) is 3.22. The lowest BCUT2D eigenvalue weighted by atomic mass is 9.96. The molecule has 4 rings (SSSR count). The van der Waals surface area contributed by atoms with E-state index >= 15 is 0 Å². The Morgan fingerprint density at radius 2 is 1.68 bits per heavy atom. The Labute approximate surface area is 160 Å². The molecule has 1 amide bonds. The summed E-state index contributed by atoms with van der Waals surface area (Å²) in [7, 11) is 0. The Bertz CT molecular complexity index is 1170. The number of halogens is 2. The lowest BCUT2D eigenvalue weighted by molar-refractivity contribution is 0.0950. The van der Waals surface area contributed by atoms with Gasteiger partial charge in [-0.15, -0.1) is 0 Å². The molecular formula is C23H16F2N2O. The van der Waals surface area contributed by atoms with Gasteiger partial charge in [0.25, 0.3) is 5.91 Å². The van der Waals surface area contributed by atoms with Crippen molar-refractivity contribution in [2.24, 2.45) is 0 Å². The van der Waals surface area contributed by atoms with E-state index in [0.717, 1.165) is 27.5 Å². The fourth-order valence-electron chi connectivity index (χ4n) is 3.22. The summed E-state index contributed by atoms with van der Waals surface area (Å²) in [6, 6.07) is 17.6. The zero-order valence-corrected chi connectivity index (χ0v) is 14.8. The summed E-state index contributed by atoms with van der Waals surface area (Å²) in [6.45, 7) is 0.265. The van der Waals surface area contributed by atoms with Crippen LogP contribution in [-0.4, -0.2) is 10.9 Å². The number of hydrogen-bond donors (Lipinski definition) is 1. The molecule has 5 heteroatoms. The molecule has 1 N–H and O–H groups in total. The van der Waals surface area contributed by atoms with Crippen molar-refractivity contribution in [3.63, 3.8) is 0 Å². The highest BCUT2D eigenvalue weighted by molar-refractivity contribution is 5.98. The van der Waals surface area contributed by atoms with Crippen LogP contribution in [0.4, 0.5) is 8.78 Å². The molecule has 0 saturated heterocycles. The molecule has 1 heterocycles. The molecule has 0 spiro atoms. The summed E-state index contributed by atoms with van der Waals surface area (Å²) in [5.74, 6) is -1.11. The molecule has 0 radical (unpaired) electrons. The molecule has 0 aliphatic carbocycles. The highest BCUT2D eigenvalue weighted by Gasteiger charge is 2.11. The monoisotopic (exact) mass is 374 g/mol. The van der Waals surface area contributed by atoms with Crippen molar-refractivity contribution in [3.8, 4) is 11.1 Å². The number of amides is 1. The van der Waals surface area contributed by atoms with Gasteiger partial charge in [0.2, 0.25) is 0 Å². The number of carbonyl (C=O) groups is 1. The highest BCUT2D eigenvalue weighted by Crippen LogP contribution is 2.30. The molecular weight excluding hydrogens is 358 g/mol. The Morgan fingerprint density at radius 1 is 0.893 bits per heavy atom. The van der Waals surface area contributed by atoms with E-state index in [1.165, 1.54) is 30.3 Å². The maximum absolute atomic E-state index is 13.6. The lowest BCUT2D eigenvalue weighted by Crippen LogP contribution is -2.23. The fraction of sp³-hybridized carbons (Fsp3) is 0.0435. The van der Waals surface area contributed by atoms with Crippen LogP contribution in [0.5, 0.6) is 0 Å². The van der Waals surface area contributed by atoms with Crippen LogP contribution in [0.1, 0.15) is 15.9 Å². The Balaban J connectivity index is 1.66. The summed E-state index contributed by atoms with van der Waals surface area (Å²) < 4.78 is 27.0. The molecule has 1 aromatic heterocycles. The third-order valence-corrected chi connectivity index (χ3v) is 4.57. The van der Waals surface area contributed by atoms with Crippen LogP contribution in [0.2, 0.25) is 0 Å². The van der Waals surface area contributed by atoms with Gasteiger partial charge in [-0.25, -0.2) is 8.78 Å². The molecule has 0 atom stereocenters. The summed E-state index contributed by atoms with van der Waals surface area (Å²) in [5.41, 5.74) is 2.79. The smallest absolute Gasteiger partial charge is 0.251 e. The van der Waals surface area contributed by atoms with Gasteiger partial charge >= 0.3 is 0 Å². The standard InChI is InChI=1S/C23H16F2N2O/c24-18-5-1-3-15(11-18)20-8-7-17(22-14-26-10-9-21(20)22)13-27-23(28)16-4-2-6-19(25)12-16/h1-12,14H,13H2,(H,27,28). The van der Waals surface area contributed by atoms with Gasteiger partial charge in [0, 0.05) is 29.9 Å². The molecule has 28 heavy (non-hydrogen) atoms. The average Bonchev–Trinajstić information content (AvgIpc) is 2.71. The number of rotatable bonds is 4. The molecule has 0 saturated carbocycles. The summed E-state index contributed by atoms with van der Waals surface area (Å²) in [4.78, 5) is 16.5. The van der Waals surface area contributed by atoms with Crippen molar-refractivity contribution in [2.45, 2.75) is 6.54 Å². The quantitative estimate of drug-likeness (QED) is 0.539. The second kappa shape index (κ2) is 7.56. The van der Waals surface area contributed by atoms with Crippen molar-refractivity contribution < 1.29 is 13.6 Å². The largest absolute Gasteiger partial charge is 0.348 e. The first-order valence-corrected chi connectivity index (χ1v) is 8.77. The molecule has 0 fully saturated rings. The Morgan fingerprint density at radius 3 is 2.46 bits per heavy atom. The second-order valence-electron chi connectivity index (χ2n) is 6.40. The van der Waals surface area contributed by atoms with Crippen LogP contribution in [0.25, 0.3) is 21.9 Å². The summed E-state index contributed by atoms with van der Waals surface area (Å²) in [6.07, 6.45) is 3.40.